The van der Waals surface area contributed by atoms with E-state index >= 15 is 0 Å². The molecule has 5 nitrogen and oxygen atoms in total. The number of carbonyl (C=O) groups excluding carboxylic acids is 1. The molecule has 0 aliphatic rings. The van der Waals surface area contributed by atoms with Crippen LogP contribution in [-0.2, 0) is 10.0 Å². The Hall–Kier alpha value is -2.34. The van der Waals surface area contributed by atoms with Crippen molar-refractivity contribution in [2.45, 2.75) is 18.7 Å². The minimum absolute atomic E-state index is 0.0764. The number of benzene rings is 2. The van der Waals surface area contributed by atoms with Crippen LogP contribution in [0.5, 0.6) is 0 Å². The summed E-state index contributed by atoms with van der Waals surface area (Å²) < 4.78 is 27.1. The zero-order chi connectivity index (χ0) is 15.6. The second kappa shape index (κ2) is 5.57. The molecule has 0 unspecified atom stereocenters. The summed E-state index contributed by atoms with van der Waals surface area (Å²) >= 11 is 0. The minimum atomic E-state index is -3.69. The number of sulfonamides is 1. The molecule has 6 heteroatoms. The first-order chi connectivity index (χ1) is 9.79. The summed E-state index contributed by atoms with van der Waals surface area (Å²) in [4.78, 5) is 11.1. The van der Waals surface area contributed by atoms with Gasteiger partial charge in [-0.25, -0.2) is 8.42 Å². The van der Waals surface area contributed by atoms with E-state index in [9.17, 15) is 13.2 Å². The quantitative estimate of drug-likeness (QED) is 0.907. The number of carbonyl (C=O) groups is 1. The number of primary amides is 1. The van der Waals surface area contributed by atoms with Gasteiger partial charge in [-0.3, -0.25) is 9.52 Å². The van der Waals surface area contributed by atoms with Gasteiger partial charge in [-0.2, -0.15) is 0 Å². The maximum Gasteiger partial charge on any atom is 0.261 e. The van der Waals surface area contributed by atoms with Crippen molar-refractivity contribution >= 4 is 21.6 Å². The number of nitrogens with one attached hydrogen (secondary N) is 1. The molecule has 0 radical (unpaired) electrons. The van der Waals surface area contributed by atoms with Crippen molar-refractivity contribution in [2.75, 3.05) is 4.72 Å². The molecule has 2 aromatic carbocycles. The van der Waals surface area contributed by atoms with Crippen LogP contribution in [0.25, 0.3) is 0 Å². The molecule has 2 aromatic rings. The maximum absolute atomic E-state index is 12.3. The van der Waals surface area contributed by atoms with E-state index in [-0.39, 0.29) is 10.5 Å². The van der Waals surface area contributed by atoms with Gasteiger partial charge < -0.3 is 5.73 Å². The summed E-state index contributed by atoms with van der Waals surface area (Å²) in [5, 5.41) is 0. The van der Waals surface area contributed by atoms with Crippen molar-refractivity contribution in [1.29, 1.82) is 0 Å². The standard InChI is InChI=1S/C15H16N2O3S/c1-10-3-8-14(11(2)9-10)17-21(19,20)13-6-4-12(5-7-13)15(16)18/h3-9,17H,1-2H3,(H2,16,18). The minimum Gasteiger partial charge on any atom is -0.366 e. The molecule has 0 fully saturated rings. The average molecular weight is 304 g/mol. The molecule has 0 atom stereocenters. The topological polar surface area (TPSA) is 89.3 Å². The molecule has 0 heterocycles. The third-order valence-electron chi connectivity index (χ3n) is 3.08. The van der Waals surface area contributed by atoms with E-state index in [1.54, 1.807) is 6.07 Å². The van der Waals surface area contributed by atoms with E-state index in [2.05, 4.69) is 4.72 Å². The fraction of sp³-hybridized carbons (Fsp3) is 0.133. The first kappa shape index (κ1) is 15.1. The van der Waals surface area contributed by atoms with Gasteiger partial charge in [-0.05, 0) is 49.7 Å². The van der Waals surface area contributed by atoms with Gasteiger partial charge in [0.2, 0.25) is 5.91 Å². The molecule has 0 saturated carbocycles. The summed E-state index contributed by atoms with van der Waals surface area (Å²) in [6, 6.07) is 10.9. The smallest absolute Gasteiger partial charge is 0.261 e. The predicted molar refractivity (Wildman–Crippen MR) is 81.7 cm³/mol. The Morgan fingerprint density at radius 2 is 1.67 bits per heavy atom. The van der Waals surface area contributed by atoms with Crippen molar-refractivity contribution in [2.24, 2.45) is 5.73 Å². The number of rotatable bonds is 4. The molecule has 0 aliphatic heterocycles. The molecule has 110 valence electrons. The Morgan fingerprint density at radius 3 is 2.19 bits per heavy atom. The van der Waals surface area contributed by atoms with Crippen molar-refractivity contribution in [1.82, 2.24) is 0 Å². The summed E-state index contributed by atoms with van der Waals surface area (Å²) in [6.45, 7) is 3.77. The Kier molecular flexibility index (Phi) is 3.99. The lowest BCUT2D eigenvalue weighted by Gasteiger charge is -2.11. The van der Waals surface area contributed by atoms with Crippen LogP contribution in [0.15, 0.2) is 47.4 Å². The van der Waals surface area contributed by atoms with E-state index in [4.69, 9.17) is 5.73 Å². The van der Waals surface area contributed by atoms with E-state index < -0.39 is 15.9 Å². The molecule has 1 amide bonds. The maximum atomic E-state index is 12.3. The third kappa shape index (κ3) is 3.41. The molecular formula is C15H16N2O3S. The van der Waals surface area contributed by atoms with Gasteiger partial charge in [0.15, 0.2) is 0 Å². The molecule has 3 N–H and O–H groups in total. The van der Waals surface area contributed by atoms with Crippen LogP contribution in [-0.4, -0.2) is 14.3 Å². The predicted octanol–water partition coefficient (Wildman–Crippen LogP) is 2.20. The number of aryl methyl sites for hydroxylation is 2. The second-order valence-corrected chi connectivity index (χ2v) is 6.49. The second-order valence-electron chi connectivity index (χ2n) is 4.81. The van der Waals surface area contributed by atoms with Gasteiger partial charge in [0.05, 0.1) is 10.6 Å². The fourth-order valence-electron chi connectivity index (χ4n) is 1.93. The zero-order valence-corrected chi connectivity index (χ0v) is 12.6. The van der Waals surface area contributed by atoms with Gasteiger partial charge in [0, 0.05) is 5.56 Å². The number of hydrogen-bond acceptors (Lipinski definition) is 3. The van der Waals surface area contributed by atoms with Gasteiger partial charge in [0.1, 0.15) is 0 Å². The lowest BCUT2D eigenvalue weighted by atomic mass is 10.1. The van der Waals surface area contributed by atoms with Crippen LogP contribution < -0.4 is 10.5 Å². The van der Waals surface area contributed by atoms with Gasteiger partial charge in [-0.1, -0.05) is 17.7 Å². The van der Waals surface area contributed by atoms with Crippen LogP contribution in [0.2, 0.25) is 0 Å². The number of amides is 1. The van der Waals surface area contributed by atoms with E-state index in [0.29, 0.717) is 5.69 Å². The zero-order valence-electron chi connectivity index (χ0n) is 11.8. The van der Waals surface area contributed by atoms with Crippen molar-refractivity contribution < 1.29 is 13.2 Å². The molecule has 0 saturated heterocycles. The Bertz CT molecular complexity index is 781. The molecular weight excluding hydrogens is 288 g/mol. The lowest BCUT2D eigenvalue weighted by molar-refractivity contribution is 0.1000. The fourth-order valence-corrected chi connectivity index (χ4v) is 3.06. The van der Waals surface area contributed by atoms with Crippen LogP contribution >= 0.6 is 0 Å². The monoisotopic (exact) mass is 304 g/mol. The lowest BCUT2D eigenvalue weighted by Crippen LogP contribution is -2.15. The van der Waals surface area contributed by atoms with Crippen LogP contribution in [0.4, 0.5) is 5.69 Å². The highest BCUT2D eigenvalue weighted by Crippen LogP contribution is 2.20. The van der Waals surface area contributed by atoms with Crippen molar-refractivity contribution in [3.8, 4) is 0 Å². The molecule has 0 bridgehead atoms. The summed E-state index contributed by atoms with van der Waals surface area (Å²) in [5.74, 6) is -0.596. The number of hydrogen-bond donors (Lipinski definition) is 2. The average Bonchev–Trinajstić information content (AvgIpc) is 2.42. The molecule has 0 spiro atoms. The van der Waals surface area contributed by atoms with Gasteiger partial charge >= 0.3 is 0 Å². The summed E-state index contributed by atoms with van der Waals surface area (Å²) in [6.07, 6.45) is 0. The Balaban J connectivity index is 2.31. The third-order valence-corrected chi connectivity index (χ3v) is 4.46. The summed E-state index contributed by atoms with van der Waals surface area (Å²) in [5.41, 5.74) is 7.82. The van der Waals surface area contributed by atoms with Gasteiger partial charge in [-0.15, -0.1) is 0 Å². The number of nitrogens with two attached hydrogens (primary N) is 1. The van der Waals surface area contributed by atoms with Crippen LogP contribution in [0.3, 0.4) is 0 Å². The first-order valence-corrected chi connectivity index (χ1v) is 7.78. The molecule has 0 aromatic heterocycles. The van der Waals surface area contributed by atoms with E-state index in [1.165, 1.54) is 24.3 Å². The Morgan fingerprint density at radius 1 is 1.05 bits per heavy atom. The first-order valence-electron chi connectivity index (χ1n) is 6.29. The van der Waals surface area contributed by atoms with E-state index in [0.717, 1.165) is 11.1 Å². The highest BCUT2D eigenvalue weighted by molar-refractivity contribution is 7.92. The molecule has 0 aliphatic carbocycles. The van der Waals surface area contributed by atoms with E-state index in [1.807, 2.05) is 26.0 Å². The molecule has 2 rings (SSSR count). The highest BCUT2D eigenvalue weighted by atomic mass is 32.2. The normalized spacial score (nSPS) is 11.1. The van der Waals surface area contributed by atoms with Crippen molar-refractivity contribution in [3.05, 3.63) is 59.2 Å². The van der Waals surface area contributed by atoms with Crippen molar-refractivity contribution in [3.63, 3.8) is 0 Å². The van der Waals surface area contributed by atoms with Crippen LogP contribution in [0, 0.1) is 13.8 Å². The SMILES string of the molecule is Cc1ccc(NS(=O)(=O)c2ccc(C(N)=O)cc2)c(C)c1. The highest BCUT2D eigenvalue weighted by Gasteiger charge is 2.15. The largest absolute Gasteiger partial charge is 0.366 e. The van der Waals surface area contributed by atoms with Crippen LogP contribution in [0.1, 0.15) is 21.5 Å². The number of anilines is 1. The van der Waals surface area contributed by atoms with Gasteiger partial charge in [0.25, 0.3) is 10.0 Å². The summed E-state index contributed by atoms with van der Waals surface area (Å²) in [7, 11) is -3.69. The Labute approximate surface area is 123 Å². The molecule has 21 heavy (non-hydrogen) atoms.